The highest BCUT2D eigenvalue weighted by Gasteiger charge is 2.16. The van der Waals surface area contributed by atoms with Gasteiger partial charge in [-0.05, 0) is 36.8 Å². The molecule has 0 aromatic carbocycles. The maximum absolute atomic E-state index is 12.4. The first-order valence-corrected chi connectivity index (χ1v) is 8.29. The quantitative estimate of drug-likeness (QED) is 0.643. The molecular formula is C17H27ClN2O2. The Kier molecular flexibility index (Phi) is 8.25. The summed E-state index contributed by atoms with van der Waals surface area (Å²) >= 11 is 5.93. The molecule has 0 unspecified atom stereocenters. The lowest BCUT2D eigenvalue weighted by Gasteiger charge is -2.24. The van der Waals surface area contributed by atoms with Crippen LogP contribution < -0.4 is 4.74 Å². The Labute approximate surface area is 138 Å². The van der Waals surface area contributed by atoms with Gasteiger partial charge < -0.3 is 9.64 Å². The lowest BCUT2D eigenvalue weighted by Crippen LogP contribution is -2.37. The van der Waals surface area contributed by atoms with Crippen molar-refractivity contribution in [2.75, 3.05) is 19.7 Å². The van der Waals surface area contributed by atoms with Gasteiger partial charge in [-0.2, -0.15) is 0 Å². The monoisotopic (exact) mass is 326 g/mol. The molecule has 0 aliphatic carbocycles. The SMILES string of the molecule is CC(C)CCN(CCC(C)C)C(=O)COc1cccnc1Cl. The van der Waals surface area contributed by atoms with Gasteiger partial charge >= 0.3 is 0 Å². The van der Waals surface area contributed by atoms with Crippen LogP contribution >= 0.6 is 11.6 Å². The molecule has 4 nitrogen and oxygen atoms in total. The van der Waals surface area contributed by atoms with Crippen LogP contribution in [0.15, 0.2) is 18.3 Å². The van der Waals surface area contributed by atoms with Crippen molar-refractivity contribution in [1.82, 2.24) is 9.88 Å². The van der Waals surface area contributed by atoms with Crippen LogP contribution in [0.5, 0.6) is 5.75 Å². The third kappa shape index (κ3) is 7.12. The molecule has 1 rings (SSSR count). The molecule has 1 aromatic rings. The summed E-state index contributed by atoms with van der Waals surface area (Å²) in [6.45, 7) is 10.2. The van der Waals surface area contributed by atoms with E-state index in [1.165, 1.54) is 0 Å². The molecule has 1 amide bonds. The molecule has 0 radical (unpaired) electrons. The zero-order valence-electron chi connectivity index (χ0n) is 14.0. The van der Waals surface area contributed by atoms with Gasteiger partial charge in [0.15, 0.2) is 17.5 Å². The normalized spacial score (nSPS) is 11.0. The maximum Gasteiger partial charge on any atom is 0.260 e. The second-order valence-electron chi connectivity index (χ2n) is 6.33. The molecule has 0 saturated heterocycles. The van der Waals surface area contributed by atoms with Crippen molar-refractivity contribution in [1.29, 1.82) is 0 Å². The van der Waals surface area contributed by atoms with Gasteiger partial charge in [0.2, 0.25) is 0 Å². The molecule has 0 fully saturated rings. The largest absolute Gasteiger partial charge is 0.481 e. The molecule has 124 valence electrons. The van der Waals surface area contributed by atoms with Crippen molar-refractivity contribution in [3.05, 3.63) is 23.5 Å². The molecule has 0 saturated carbocycles. The van der Waals surface area contributed by atoms with Gasteiger partial charge in [0.25, 0.3) is 5.91 Å². The summed E-state index contributed by atoms with van der Waals surface area (Å²) < 4.78 is 5.51. The Morgan fingerprint density at radius 1 is 1.23 bits per heavy atom. The third-order valence-corrected chi connectivity index (χ3v) is 3.67. The number of carbonyl (C=O) groups excluding carboxylic acids is 1. The van der Waals surface area contributed by atoms with E-state index in [2.05, 4.69) is 32.7 Å². The van der Waals surface area contributed by atoms with E-state index in [0.717, 1.165) is 25.9 Å². The van der Waals surface area contributed by atoms with E-state index in [4.69, 9.17) is 16.3 Å². The molecule has 0 aliphatic rings. The fourth-order valence-corrected chi connectivity index (χ4v) is 2.07. The molecule has 22 heavy (non-hydrogen) atoms. The number of halogens is 1. The molecule has 0 N–H and O–H groups in total. The average molecular weight is 327 g/mol. The van der Waals surface area contributed by atoms with Gasteiger partial charge in [-0.15, -0.1) is 0 Å². The van der Waals surface area contributed by atoms with Crippen molar-refractivity contribution in [2.45, 2.75) is 40.5 Å². The van der Waals surface area contributed by atoms with Crippen molar-refractivity contribution in [3.63, 3.8) is 0 Å². The van der Waals surface area contributed by atoms with Gasteiger partial charge in [-0.3, -0.25) is 4.79 Å². The number of hydrogen-bond donors (Lipinski definition) is 0. The molecule has 0 spiro atoms. The van der Waals surface area contributed by atoms with Crippen LogP contribution in [0.3, 0.4) is 0 Å². The molecule has 0 atom stereocenters. The van der Waals surface area contributed by atoms with Gasteiger partial charge in [0.05, 0.1) is 0 Å². The summed E-state index contributed by atoms with van der Waals surface area (Å²) in [5, 5.41) is 0.284. The highest BCUT2D eigenvalue weighted by molar-refractivity contribution is 6.30. The standard InChI is InChI=1S/C17H27ClN2O2/c1-13(2)7-10-20(11-8-14(3)4)16(21)12-22-15-6-5-9-19-17(15)18/h5-6,9,13-14H,7-8,10-12H2,1-4H3. The lowest BCUT2D eigenvalue weighted by molar-refractivity contribution is -0.133. The first-order valence-electron chi connectivity index (χ1n) is 7.91. The maximum atomic E-state index is 12.4. The minimum Gasteiger partial charge on any atom is -0.481 e. The second kappa shape index (κ2) is 9.67. The van der Waals surface area contributed by atoms with Crippen LogP contribution in [0.2, 0.25) is 5.15 Å². The average Bonchev–Trinajstić information content (AvgIpc) is 2.45. The van der Waals surface area contributed by atoms with Crippen LogP contribution in [0.1, 0.15) is 40.5 Å². The van der Waals surface area contributed by atoms with E-state index in [0.29, 0.717) is 17.6 Å². The van der Waals surface area contributed by atoms with Crippen LogP contribution in [0, 0.1) is 11.8 Å². The predicted molar refractivity (Wildman–Crippen MR) is 90.2 cm³/mol. The molecule has 0 bridgehead atoms. The summed E-state index contributed by atoms with van der Waals surface area (Å²) in [5.74, 6) is 1.59. The number of pyridine rings is 1. The van der Waals surface area contributed by atoms with Crippen molar-refractivity contribution >= 4 is 17.5 Å². The number of rotatable bonds is 9. The van der Waals surface area contributed by atoms with E-state index in [-0.39, 0.29) is 17.7 Å². The molecule has 1 aromatic heterocycles. The zero-order valence-corrected chi connectivity index (χ0v) is 14.8. The van der Waals surface area contributed by atoms with Crippen LogP contribution in [0.25, 0.3) is 0 Å². The van der Waals surface area contributed by atoms with Crippen LogP contribution in [-0.2, 0) is 4.79 Å². The Hall–Kier alpha value is -1.29. The number of carbonyl (C=O) groups is 1. The summed E-state index contributed by atoms with van der Waals surface area (Å²) in [5.41, 5.74) is 0. The smallest absolute Gasteiger partial charge is 0.260 e. The summed E-state index contributed by atoms with van der Waals surface area (Å²) in [6.07, 6.45) is 3.59. The van der Waals surface area contributed by atoms with Crippen molar-refractivity contribution in [2.24, 2.45) is 11.8 Å². The Balaban J connectivity index is 2.56. The number of aromatic nitrogens is 1. The highest BCUT2D eigenvalue weighted by atomic mass is 35.5. The first kappa shape index (κ1) is 18.8. The topological polar surface area (TPSA) is 42.4 Å². The van der Waals surface area contributed by atoms with E-state index in [1.54, 1.807) is 18.3 Å². The zero-order chi connectivity index (χ0) is 16.5. The Morgan fingerprint density at radius 3 is 2.32 bits per heavy atom. The van der Waals surface area contributed by atoms with E-state index >= 15 is 0 Å². The predicted octanol–water partition coefficient (Wildman–Crippen LogP) is 4.03. The highest BCUT2D eigenvalue weighted by Crippen LogP contribution is 2.20. The second-order valence-corrected chi connectivity index (χ2v) is 6.68. The van der Waals surface area contributed by atoms with E-state index in [1.807, 2.05) is 4.90 Å². The van der Waals surface area contributed by atoms with Crippen molar-refractivity contribution in [3.8, 4) is 5.75 Å². The number of hydrogen-bond acceptors (Lipinski definition) is 3. The van der Waals surface area contributed by atoms with Gasteiger partial charge in [-0.25, -0.2) is 4.98 Å². The minimum absolute atomic E-state index is 0.00113. The number of ether oxygens (including phenoxy) is 1. The lowest BCUT2D eigenvalue weighted by atomic mass is 10.1. The van der Waals surface area contributed by atoms with Crippen LogP contribution in [-0.4, -0.2) is 35.5 Å². The first-order chi connectivity index (χ1) is 10.4. The molecule has 5 heteroatoms. The van der Waals surface area contributed by atoms with Crippen molar-refractivity contribution < 1.29 is 9.53 Å². The Morgan fingerprint density at radius 2 is 1.82 bits per heavy atom. The fourth-order valence-electron chi connectivity index (χ4n) is 1.90. The van der Waals surface area contributed by atoms with E-state index < -0.39 is 0 Å². The van der Waals surface area contributed by atoms with E-state index in [9.17, 15) is 4.79 Å². The van der Waals surface area contributed by atoms with Crippen LogP contribution in [0.4, 0.5) is 0 Å². The third-order valence-electron chi connectivity index (χ3n) is 3.38. The van der Waals surface area contributed by atoms with Gasteiger partial charge in [0, 0.05) is 19.3 Å². The molecular weight excluding hydrogens is 300 g/mol. The number of nitrogens with zero attached hydrogens (tertiary/aromatic N) is 2. The summed E-state index contributed by atoms with van der Waals surface area (Å²) in [6, 6.07) is 3.45. The molecule has 1 heterocycles. The fraction of sp³-hybridized carbons (Fsp3) is 0.647. The van der Waals surface area contributed by atoms with Gasteiger partial charge in [0.1, 0.15) is 0 Å². The summed E-state index contributed by atoms with van der Waals surface area (Å²) in [4.78, 5) is 18.2. The Bertz CT molecular complexity index is 452. The number of amides is 1. The minimum atomic E-state index is 0.00113. The summed E-state index contributed by atoms with van der Waals surface area (Å²) in [7, 11) is 0. The molecule has 0 aliphatic heterocycles. The van der Waals surface area contributed by atoms with Gasteiger partial charge in [-0.1, -0.05) is 39.3 Å².